The maximum absolute atomic E-state index is 11.4. The number of carboxylic acid groups (broad SMARTS) is 1. The number of ether oxygens (including phenoxy) is 2. The van der Waals surface area contributed by atoms with E-state index in [1.807, 2.05) is 25.1 Å². The number of rotatable bonds is 6. The van der Waals surface area contributed by atoms with Gasteiger partial charge in [-0.2, -0.15) is 0 Å². The lowest BCUT2D eigenvalue weighted by molar-refractivity contribution is 0.0697. The average Bonchev–Trinajstić information content (AvgIpc) is 2.55. The lowest BCUT2D eigenvalue weighted by atomic mass is 9.99. The van der Waals surface area contributed by atoms with Crippen LogP contribution in [0, 0.1) is 0 Å². The number of aromatic carboxylic acids is 1. The highest BCUT2D eigenvalue weighted by molar-refractivity contribution is 5.96. The van der Waals surface area contributed by atoms with E-state index in [9.17, 15) is 9.90 Å². The molecule has 0 aliphatic rings. The molecule has 0 spiro atoms. The van der Waals surface area contributed by atoms with Crippen molar-refractivity contribution in [2.45, 2.75) is 13.3 Å². The van der Waals surface area contributed by atoms with Crippen molar-refractivity contribution in [2.75, 3.05) is 7.11 Å². The molecule has 114 valence electrons. The van der Waals surface area contributed by atoms with Crippen LogP contribution in [0.2, 0.25) is 0 Å². The van der Waals surface area contributed by atoms with Gasteiger partial charge in [0.2, 0.25) is 0 Å². The monoisotopic (exact) mass is 298 g/mol. The molecule has 22 heavy (non-hydrogen) atoms. The van der Waals surface area contributed by atoms with Gasteiger partial charge in [0, 0.05) is 0 Å². The Labute approximate surface area is 129 Å². The van der Waals surface area contributed by atoms with Crippen molar-refractivity contribution in [3.8, 4) is 22.6 Å². The third-order valence-corrected chi connectivity index (χ3v) is 3.16. The summed E-state index contributed by atoms with van der Waals surface area (Å²) < 4.78 is 10.6. The van der Waals surface area contributed by atoms with Crippen molar-refractivity contribution >= 4 is 5.97 Å². The fourth-order valence-corrected chi connectivity index (χ4v) is 2.02. The molecule has 4 nitrogen and oxygen atoms in total. The molecular formula is C18H18O4. The van der Waals surface area contributed by atoms with E-state index < -0.39 is 5.97 Å². The lowest BCUT2D eigenvalue weighted by Crippen LogP contribution is -2.00. The van der Waals surface area contributed by atoms with Crippen LogP contribution in [-0.2, 0) is 0 Å². The summed E-state index contributed by atoms with van der Waals surface area (Å²) in [5.41, 5.74) is 1.64. The molecule has 1 N–H and O–H groups in total. The molecule has 0 unspecified atom stereocenters. The minimum absolute atomic E-state index is 0.233. The van der Waals surface area contributed by atoms with Crippen LogP contribution in [0.25, 0.3) is 11.1 Å². The molecule has 0 heterocycles. The number of allylic oxidation sites excluding steroid dienone is 1. The minimum atomic E-state index is -0.971. The quantitative estimate of drug-likeness (QED) is 0.805. The van der Waals surface area contributed by atoms with E-state index in [2.05, 4.69) is 0 Å². The summed E-state index contributed by atoms with van der Waals surface area (Å²) in [6.07, 6.45) is 4.37. The summed E-state index contributed by atoms with van der Waals surface area (Å²) in [6.45, 7) is 2.01. The molecule has 2 rings (SSSR count). The van der Waals surface area contributed by atoms with E-state index in [1.54, 1.807) is 43.7 Å². The third-order valence-electron chi connectivity index (χ3n) is 3.16. The van der Waals surface area contributed by atoms with Gasteiger partial charge in [0.15, 0.2) is 0 Å². The Balaban J connectivity index is 2.42. The van der Waals surface area contributed by atoms with Crippen LogP contribution in [0.5, 0.6) is 11.5 Å². The molecule has 0 aliphatic heterocycles. The summed E-state index contributed by atoms with van der Waals surface area (Å²) in [5.74, 6) is 0.348. The van der Waals surface area contributed by atoms with Gasteiger partial charge in [-0.1, -0.05) is 19.1 Å². The fourth-order valence-electron chi connectivity index (χ4n) is 2.02. The first kappa shape index (κ1) is 15.6. The van der Waals surface area contributed by atoms with Crippen LogP contribution in [0.1, 0.15) is 23.7 Å². The Morgan fingerprint density at radius 3 is 2.41 bits per heavy atom. The van der Waals surface area contributed by atoms with Crippen LogP contribution in [0.15, 0.2) is 54.8 Å². The van der Waals surface area contributed by atoms with Crippen LogP contribution < -0.4 is 9.47 Å². The maximum atomic E-state index is 11.4. The minimum Gasteiger partial charge on any atom is -0.497 e. The largest absolute Gasteiger partial charge is 0.497 e. The first-order chi connectivity index (χ1) is 10.7. The average molecular weight is 298 g/mol. The van der Waals surface area contributed by atoms with Gasteiger partial charge in [-0.3, -0.25) is 0 Å². The van der Waals surface area contributed by atoms with E-state index in [0.29, 0.717) is 11.3 Å². The van der Waals surface area contributed by atoms with E-state index in [0.717, 1.165) is 17.7 Å². The molecule has 4 heteroatoms. The van der Waals surface area contributed by atoms with E-state index in [-0.39, 0.29) is 5.56 Å². The van der Waals surface area contributed by atoms with Crippen LogP contribution >= 0.6 is 0 Å². The van der Waals surface area contributed by atoms with Gasteiger partial charge >= 0.3 is 5.97 Å². The van der Waals surface area contributed by atoms with Crippen molar-refractivity contribution in [1.29, 1.82) is 0 Å². The molecule has 0 radical (unpaired) electrons. The predicted molar refractivity (Wildman–Crippen MR) is 85.4 cm³/mol. The molecule has 0 bridgehead atoms. The number of carbonyl (C=O) groups is 1. The van der Waals surface area contributed by atoms with Gasteiger partial charge in [0.1, 0.15) is 11.5 Å². The highest BCUT2D eigenvalue weighted by Gasteiger charge is 2.13. The van der Waals surface area contributed by atoms with Crippen molar-refractivity contribution < 1.29 is 19.4 Å². The fraction of sp³-hybridized carbons (Fsp3) is 0.167. The van der Waals surface area contributed by atoms with Crippen molar-refractivity contribution in [3.63, 3.8) is 0 Å². The highest BCUT2D eigenvalue weighted by Crippen LogP contribution is 2.29. The lowest BCUT2D eigenvalue weighted by Gasteiger charge is -2.10. The highest BCUT2D eigenvalue weighted by atomic mass is 16.5. The molecule has 0 saturated heterocycles. The second-order valence-corrected chi connectivity index (χ2v) is 4.64. The number of carboxylic acids is 1. The molecule has 0 amide bonds. The zero-order valence-corrected chi connectivity index (χ0v) is 12.6. The van der Waals surface area contributed by atoms with Gasteiger partial charge < -0.3 is 14.6 Å². The summed E-state index contributed by atoms with van der Waals surface area (Å²) >= 11 is 0. The molecule has 0 fully saturated rings. The van der Waals surface area contributed by atoms with Crippen molar-refractivity contribution in [1.82, 2.24) is 0 Å². The zero-order valence-electron chi connectivity index (χ0n) is 12.6. The summed E-state index contributed by atoms with van der Waals surface area (Å²) in [4.78, 5) is 11.4. The summed E-state index contributed by atoms with van der Waals surface area (Å²) in [6, 6.07) is 12.2. The van der Waals surface area contributed by atoms with Crippen molar-refractivity contribution in [3.05, 3.63) is 60.4 Å². The second-order valence-electron chi connectivity index (χ2n) is 4.64. The molecule has 2 aromatic rings. The maximum Gasteiger partial charge on any atom is 0.336 e. The summed E-state index contributed by atoms with van der Waals surface area (Å²) in [5, 5.41) is 9.35. The van der Waals surface area contributed by atoms with Gasteiger partial charge in [-0.05, 0) is 54.0 Å². The molecule has 0 saturated carbocycles. The first-order valence-electron chi connectivity index (χ1n) is 6.99. The third kappa shape index (κ3) is 3.67. The summed E-state index contributed by atoms with van der Waals surface area (Å²) in [7, 11) is 1.59. The topological polar surface area (TPSA) is 55.8 Å². The van der Waals surface area contributed by atoms with E-state index in [4.69, 9.17) is 9.47 Å². The Morgan fingerprint density at radius 2 is 1.82 bits per heavy atom. The molecule has 0 atom stereocenters. The smallest absolute Gasteiger partial charge is 0.336 e. The SMILES string of the molecule is CCC=COc1ccc(C(=O)O)c(-c2ccc(OC)cc2)c1. The predicted octanol–water partition coefficient (Wildman–Crippen LogP) is 4.36. The Kier molecular flexibility index (Phi) is 5.20. The molecule has 2 aromatic carbocycles. The number of methoxy groups -OCH3 is 1. The number of benzene rings is 2. The van der Waals surface area contributed by atoms with Gasteiger partial charge in [-0.15, -0.1) is 0 Å². The first-order valence-corrected chi connectivity index (χ1v) is 6.99. The second kappa shape index (κ2) is 7.31. The standard InChI is InChI=1S/C18H18O4/c1-3-4-11-22-15-9-10-16(18(19)20)17(12-15)13-5-7-14(21-2)8-6-13/h4-12H,3H2,1-2H3,(H,19,20). The normalized spacial score (nSPS) is 10.6. The van der Waals surface area contributed by atoms with Gasteiger partial charge in [0.25, 0.3) is 0 Å². The van der Waals surface area contributed by atoms with E-state index in [1.165, 1.54) is 0 Å². The van der Waals surface area contributed by atoms with Gasteiger partial charge in [-0.25, -0.2) is 4.79 Å². The number of hydrogen-bond donors (Lipinski definition) is 1. The number of hydrogen-bond acceptors (Lipinski definition) is 3. The molecule has 0 aromatic heterocycles. The van der Waals surface area contributed by atoms with Gasteiger partial charge in [0.05, 0.1) is 18.9 Å². The van der Waals surface area contributed by atoms with Crippen LogP contribution in [0.4, 0.5) is 0 Å². The van der Waals surface area contributed by atoms with Crippen LogP contribution in [0.3, 0.4) is 0 Å². The Morgan fingerprint density at radius 1 is 1.14 bits per heavy atom. The van der Waals surface area contributed by atoms with Crippen molar-refractivity contribution in [2.24, 2.45) is 0 Å². The van der Waals surface area contributed by atoms with E-state index >= 15 is 0 Å². The Hall–Kier alpha value is -2.75. The molecule has 0 aliphatic carbocycles. The molecular weight excluding hydrogens is 280 g/mol. The zero-order chi connectivity index (χ0) is 15.9. The Bertz CT molecular complexity index is 672. The van der Waals surface area contributed by atoms with Crippen LogP contribution in [-0.4, -0.2) is 18.2 Å².